The van der Waals surface area contributed by atoms with Gasteiger partial charge in [-0.3, -0.25) is 4.98 Å². The minimum Gasteiger partial charge on any atom is -0.437 e. The van der Waals surface area contributed by atoms with Crippen molar-refractivity contribution in [1.82, 2.24) is 9.97 Å². The molecule has 0 aliphatic rings. The van der Waals surface area contributed by atoms with Crippen molar-refractivity contribution in [3.63, 3.8) is 0 Å². The van der Waals surface area contributed by atoms with Crippen LogP contribution in [0.15, 0.2) is 71.3 Å². The summed E-state index contributed by atoms with van der Waals surface area (Å²) >= 11 is 1.85. The molecule has 6 rings (SSSR count). The summed E-state index contributed by atoms with van der Waals surface area (Å²) in [5.74, 6) is 0.927. The van der Waals surface area contributed by atoms with E-state index in [9.17, 15) is 0 Å². The number of hydrogen-bond donors (Lipinski definition) is 0. The zero-order chi connectivity index (χ0) is 24.3. The van der Waals surface area contributed by atoms with Crippen LogP contribution in [0.5, 0.6) is 0 Å². The number of aromatic nitrogens is 2. The second-order valence-electron chi connectivity index (χ2n) is 9.93. The van der Waals surface area contributed by atoms with E-state index in [0.29, 0.717) is 17.5 Å². The first-order chi connectivity index (χ1) is 16.9. The number of aryl methyl sites for hydroxylation is 1. The minimum absolute atomic E-state index is 0.463. The quantitative estimate of drug-likeness (QED) is 0.254. The van der Waals surface area contributed by atoms with E-state index < -0.39 is 0 Å². The number of furan rings is 1. The van der Waals surface area contributed by atoms with Crippen molar-refractivity contribution in [2.45, 2.75) is 46.5 Å². The molecule has 4 aromatic heterocycles. The smallest absolute Gasteiger partial charge is 0.227 e. The van der Waals surface area contributed by atoms with Gasteiger partial charge in [0.25, 0.3) is 0 Å². The number of pyridine rings is 2. The van der Waals surface area contributed by atoms with Crippen LogP contribution >= 0.6 is 11.3 Å². The van der Waals surface area contributed by atoms with Gasteiger partial charge in [0, 0.05) is 43.2 Å². The number of hydrogen-bond acceptors (Lipinski definition) is 4. The van der Waals surface area contributed by atoms with E-state index in [1.54, 1.807) is 0 Å². The standard InChI is InChI=1S/C31H28N2OS/c1-17(2)21-8-6-9-22(18(3)4)29(21)28-14-20-16-32-26(15-27(20)35-28)25-11-7-10-23-24-13-12-19(5)33-31(24)34-30(23)25/h6-18H,1-5H3. The van der Waals surface area contributed by atoms with Crippen molar-refractivity contribution < 1.29 is 4.42 Å². The summed E-state index contributed by atoms with van der Waals surface area (Å²) < 4.78 is 7.48. The van der Waals surface area contributed by atoms with Crippen molar-refractivity contribution in [1.29, 1.82) is 0 Å². The topological polar surface area (TPSA) is 38.9 Å². The maximum Gasteiger partial charge on any atom is 0.227 e. The van der Waals surface area contributed by atoms with Crippen LogP contribution in [-0.2, 0) is 0 Å². The first kappa shape index (κ1) is 22.0. The van der Waals surface area contributed by atoms with E-state index in [0.717, 1.165) is 33.3 Å². The monoisotopic (exact) mass is 476 g/mol. The fourth-order valence-corrected chi connectivity index (χ4v) is 6.17. The Morgan fingerprint density at radius 2 is 1.57 bits per heavy atom. The number of para-hydroxylation sites is 1. The first-order valence-electron chi connectivity index (χ1n) is 12.2. The molecule has 0 bridgehead atoms. The third-order valence-corrected chi connectivity index (χ3v) is 7.92. The molecule has 0 amide bonds. The lowest BCUT2D eigenvalue weighted by Gasteiger charge is -2.18. The van der Waals surface area contributed by atoms with Crippen molar-refractivity contribution in [3.8, 4) is 21.7 Å². The first-order valence-corrected chi connectivity index (χ1v) is 13.0. The van der Waals surface area contributed by atoms with Gasteiger partial charge in [-0.2, -0.15) is 0 Å². The second kappa shape index (κ2) is 8.31. The average Bonchev–Trinajstić information content (AvgIpc) is 3.43. The van der Waals surface area contributed by atoms with Crippen LogP contribution in [0.25, 0.3) is 53.9 Å². The highest BCUT2D eigenvalue weighted by molar-refractivity contribution is 7.22. The third-order valence-electron chi connectivity index (χ3n) is 6.80. The molecular weight excluding hydrogens is 448 g/mol. The molecule has 35 heavy (non-hydrogen) atoms. The van der Waals surface area contributed by atoms with Crippen molar-refractivity contribution in [2.24, 2.45) is 0 Å². The fraction of sp³-hybridized carbons (Fsp3) is 0.226. The highest BCUT2D eigenvalue weighted by Crippen LogP contribution is 2.43. The number of rotatable bonds is 4. The van der Waals surface area contributed by atoms with Crippen LogP contribution in [0, 0.1) is 6.92 Å². The molecule has 0 unspecified atom stereocenters. The molecule has 0 radical (unpaired) electrons. The molecule has 0 spiro atoms. The van der Waals surface area contributed by atoms with Crippen LogP contribution in [-0.4, -0.2) is 9.97 Å². The Balaban J connectivity index is 1.53. The van der Waals surface area contributed by atoms with Crippen LogP contribution in [0.3, 0.4) is 0 Å². The van der Waals surface area contributed by atoms with Crippen molar-refractivity contribution >= 4 is 43.5 Å². The Morgan fingerprint density at radius 1 is 0.829 bits per heavy atom. The Hall–Kier alpha value is -3.50. The van der Waals surface area contributed by atoms with Crippen LogP contribution in [0.4, 0.5) is 0 Å². The summed E-state index contributed by atoms with van der Waals surface area (Å²) in [6, 6.07) is 21.6. The van der Waals surface area contributed by atoms with Gasteiger partial charge in [0.1, 0.15) is 5.58 Å². The van der Waals surface area contributed by atoms with Crippen molar-refractivity contribution in [3.05, 3.63) is 83.7 Å². The van der Waals surface area contributed by atoms with Gasteiger partial charge in [0.2, 0.25) is 5.71 Å². The predicted molar refractivity (Wildman–Crippen MR) is 148 cm³/mol. The van der Waals surface area contributed by atoms with Gasteiger partial charge in [-0.05, 0) is 65.8 Å². The zero-order valence-electron chi connectivity index (χ0n) is 20.7. The Labute approximate surface area is 209 Å². The highest BCUT2D eigenvalue weighted by Gasteiger charge is 2.19. The largest absolute Gasteiger partial charge is 0.437 e. The van der Waals surface area contributed by atoms with Gasteiger partial charge in [-0.1, -0.05) is 58.0 Å². The molecule has 2 aromatic carbocycles. The molecular formula is C31H28N2OS. The lowest BCUT2D eigenvalue weighted by molar-refractivity contribution is 0.653. The molecule has 6 aromatic rings. The maximum atomic E-state index is 6.24. The number of thiophene rings is 1. The SMILES string of the molecule is Cc1ccc2c(n1)oc1c(-c3cc4sc(-c5c(C(C)C)cccc5C(C)C)cc4cn3)cccc12. The van der Waals surface area contributed by atoms with E-state index in [-0.39, 0.29) is 0 Å². The van der Waals surface area contributed by atoms with Gasteiger partial charge in [0.15, 0.2) is 0 Å². The lowest BCUT2D eigenvalue weighted by Crippen LogP contribution is -1.98. The maximum absolute atomic E-state index is 6.24. The van der Waals surface area contributed by atoms with Gasteiger partial charge < -0.3 is 4.42 Å². The van der Waals surface area contributed by atoms with Crippen LogP contribution in [0.2, 0.25) is 0 Å². The highest BCUT2D eigenvalue weighted by atomic mass is 32.1. The Kier molecular flexibility index (Phi) is 5.23. The van der Waals surface area contributed by atoms with E-state index in [1.807, 2.05) is 30.5 Å². The predicted octanol–water partition coefficient (Wildman–Crippen LogP) is 9.48. The van der Waals surface area contributed by atoms with E-state index in [4.69, 9.17) is 9.40 Å². The van der Waals surface area contributed by atoms with Gasteiger partial charge in [-0.15, -0.1) is 11.3 Å². The summed E-state index contributed by atoms with van der Waals surface area (Å²) in [5.41, 5.74) is 8.60. The van der Waals surface area contributed by atoms with E-state index >= 15 is 0 Å². The second-order valence-corrected chi connectivity index (χ2v) is 11.0. The summed E-state index contributed by atoms with van der Waals surface area (Å²) in [6.07, 6.45) is 2.00. The van der Waals surface area contributed by atoms with Gasteiger partial charge >= 0.3 is 0 Å². The average molecular weight is 477 g/mol. The molecule has 0 aliphatic carbocycles. The summed E-state index contributed by atoms with van der Waals surface area (Å²) in [4.78, 5) is 10.8. The molecule has 4 heterocycles. The molecule has 0 N–H and O–H groups in total. The summed E-state index contributed by atoms with van der Waals surface area (Å²) in [6.45, 7) is 11.1. The molecule has 0 aliphatic heterocycles. The molecule has 174 valence electrons. The Bertz CT molecular complexity index is 1700. The van der Waals surface area contributed by atoms with Crippen LogP contribution < -0.4 is 0 Å². The summed E-state index contributed by atoms with van der Waals surface area (Å²) in [7, 11) is 0. The fourth-order valence-electron chi connectivity index (χ4n) is 5.01. The number of nitrogens with zero attached hydrogens (tertiary/aromatic N) is 2. The van der Waals surface area contributed by atoms with Crippen LogP contribution in [0.1, 0.15) is 56.4 Å². The Morgan fingerprint density at radius 3 is 2.31 bits per heavy atom. The molecule has 0 saturated heterocycles. The zero-order valence-corrected chi connectivity index (χ0v) is 21.5. The molecule has 0 fully saturated rings. The van der Waals surface area contributed by atoms with Crippen molar-refractivity contribution in [2.75, 3.05) is 0 Å². The summed E-state index contributed by atoms with van der Waals surface area (Å²) in [5, 5.41) is 3.29. The van der Waals surface area contributed by atoms with Gasteiger partial charge in [0.05, 0.1) is 5.69 Å². The minimum atomic E-state index is 0.463. The third kappa shape index (κ3) is 3.64. The molecule has 3 nitrogen and oxygen atoms in total. The molecule has 0 saturated carbocycles. The van der Waals surface area contributed by atoms with Gasteiger partial charge in [-0.25, -0.2) is 4.98 Å². The normalized spacial score (nSPS) is 12.1. The molecule has 4 heteroatoms. The van der Waals surface area contributed by atoms with E-state index in [2.05, 4.69) is 87.3 Å². The number of benzene rings is 2. The van der Waals surface area contributed by atoms with E-state index in [1.165, 1.54) is 31.7 Å². The molecule has 0 atom stereocenters. The number of fused-ring (bicyclic) bond motifs is 4. The lowest BCUT2D eigenvalue weighted by atomic mass is 9.88.